The van der Waals surface area contributed by atoms with Crippen LogP contribution in [-0.2, 0) is 14.3 Å². The summed E-state index contributed by atoms with van der Waals surface area (Å²) in [4.78, 5) is 28.9. The van der Waals surface area contributed by atoms with E-state index in [1.807, 2.05) is 18.7 Å². The van der Waals surface area contributed by atoms with Crippen LogP contribution >= 0.6 is 0 Å². The third kappa shape index (κ3) is 3.62. The van der Waals surface area contributed by atoms with Crippen molar-refractivity contribution in [3.8, 4) is 11.5 Å². The van der Waals surface area contributed by atoms with Gasteiger partial charge in [0.05, 0.1) is 38.0 Å². The smallest absolute Gasteiger partial charge is 0.228 e. The summed E-state index contributed by atoms with van der Waals surface area (Å²) >= 11 is 0. The van der Waals surface area contributed by atoms with Crippen molar-refractivity contribution in [3.63, 3.8) is 0 Å². The fraction of sp³-hybridized carbons (Fsp3) is 0.579. The fourth-order valence-electron chi connectivity index (χ4n) is 3.73. The molecule has 2 fully saturated rings. The minimum Gasteiger partial charge on any atom is -0.497 e. The Morgan fingerprint density at radius 2 is 1.81 bits per heavy atom. The highest BCUT2D eigenvalue weighted by Crippen LogP contribution is 2.36. The molecule has 0 radical (unpaired) electrons. The van der Waals surface area contributed by atoms with Gasteiger partial charge in [0.2, 0.25) is 11.8 Å². The largest absolute Gasteiger partial charge is 0.497 e. The predicted octanol–water partition coefficient (Wildman–Crippen LogP) is 1.69. The normalized spacial score (nSPS) is 26.2. The molecule has 0 saturated carbocycles. The van der Waals surface area contributed by atoms with Gasteiger partial charge in [-0.15, -0.1) is 0 Å². The minimum absolute atomic E-state index is 0.0117. The first-order valence-corrected chi connectivity index (χ1v) is 8.89. The molecule has 26 heavy (non-hydrogen) atoms. The van der Waals surface area contributed by atoms with Crippen molar-refractivity contribution in [3.05, 3.63) is 18.2 Å². The van der Waals surface area contributed by atoms with Gasteiger partial charge in [-0.25, -0.2) is 0 Å². The zero-order chi connectivity index (χ0) is 18.8. The number of anilines is 1. The summed E-state index contributed by atoms with van der Waals surface area (Å²) < 4.78 is 16.3. The standard InChI is InChI=1S/C19H26N2O5/c1-12-9-20(10-13(2)26-12)19(23)14-7-18(22)21(11-14)16-6-5-15(24-3)8-17(16)25-4/h5-6,8,12-14H,7,9-11H2,1-4H3. The second kappa shape index (κ2) is 7.53. The van der Waals surface area contributed by atoms with Gasteiger partial charge in [-0.2, -0.15) is 0 Å². The van der Waals surface area contributed by atoms with Gasteiger partial charge in [-0.3, -0.25) is 9.59 Å². The monoisotopic (exact) mass is 362 g/mol. The summed E-state index contributed by atoms with van der Waals surface area (Å²) in [5.41, 5.74) is 0.664. The Labute approximate surface area is 153 Å². The molecule has 2 aliphatic heterocycles. The van der Waals surface area contributed by atoms with Gasteiger partial charge in [0.25, 0.3) is 0 Å². The highest BCUT2D eigenvalue weighted by molar-refractivity contribution is 6.01. The van der Waals surface area contributed by atoms with Crippen molar-refractivity contribution >= 4 is 17.5 Å². The molecule has 2 aliphatic rings. The van der Waals surface area contributed by atoms with Crippen LogP contribution in [0.1, 0.15) is 20.3 Å². The maximum Gasteiger partial charge on any atom is 0.228 e. The third-order valence-corrected chi connectivity index (χ3v) is 4.88. The molecule has 0 N–H and O–H groups in total. The van der Waals surface area contributed by atoms with Crippen LogP contribution in [0.15, 0.2) is 18.2 Å². The van der Waals surface area contributed by atoms with Gasteiger partial charge in [0.15, 0.2) is 0 Å². The highest BCUT2D eigenvalue weighted by Gasteiger charge is 2.39. The molecular weight excluding hydrogens is 336 g/mol. The quantitative estimate of drug-likeness (QED) is 0.815. The molecule has 7 nitrogen and oxygen atoms in total. The maximum atomic E-state index is 12.9. The lowest BCUT2D eigenvalue weighted by atomic mass is 10.1. The van der Waals surface area contributed by atoms with E-state index in [1.54, 1.807) is 37.3 Å². The maximum absolute atomic E-state index is 12.9. The number of morpholine rings is 1. The lowest BCUT2D eigenvalue weighted by molar-refractivity contribution is -0.147. The molecule has 2 saturated heterocycles. The van der Waals surface area contributed by atoms with Crippen molar-refractivity contribution in [1.29, 1.82) is 0 Å². The van der Waals surface area contributed by atoms with Crippen LogP contribution in [0, 0.1) is 5.92 Å². The molecule has 0 aliphatic carbocycles. The lowest BCUT2D eigenvalue weighted by Crippen LogP contribution is -2.50. The summed E-state index contributed by atoms with van der Waals surface area (Å²) in [5, 5.41) is 0. The Kier molecular flexibility index (Phi) is 5.36. The van der Waals surface area contributed by atoms with E-state index in [9.17, 15) is 9.59 Å². The number of methoxy groups -OCH3 is 2. The molecular formula is C19H26N2O5. The van der Waals surface area contributed by atoms with E-state index in [2.05, 4.69) is 0 Å². The average molecular weight is 362 g/mol. The number of amides is 2. The van der Waals surface area contributed by atoms with Gasteiger partial charge >= 0.3 is 0 Å². The Morgan fingerprint density at radius 1 is 1.12 bits per heavy atom. The molecule has 0 spiro atoms. The Bertz CT molecular complexity index is 683. The van der Waals surface area contributed by atoms with E-state index in [1.165, 1.54) is 0 Å². The van der Waals surface area contributed by atoms with E-state index in [-0.39, 0.29) is 36.4 Å². The van der Waals surface area contributed by atoms with E-state index in [0.29, 0.717) is 36.8 Å². The topological polar surface area (TPSA) is 68.3 Å². The van der Waals surface area contributed by atoms with E-state index in [4.69, 9.17) is 14.2 Å². The van der Waals surface area contributed by atoms with Crippen molar-refractivity contribution in [2.24, 2.45) is 5.92 Å². The van der Waals surface area contributed by atoms with Crippen molar-refractivity contribution < 1.29 is 23.8 Å². The summed E-state index contributed by atoms with van der Waals surface area (Å²) in [6, 6.07) is 5.32. The second-order valence-corrected chi connectivity index (χ2v) is 6.94. The molecule has 1 aromatic carbocycles. The zero-order valence-corrected chi connectivity index (χ0v) is 15.7. The van der Waals surface area contributed by atoms with Crippen LogP contribution in [0.3, 0.4) is 0 Å². The van der Waals surface area contributed by atoms with Crippen LogP contribution in [0.5, 0.6) is 11.5 Å². The number of nitrogens with zero attached hydrogens (tertiary/aromatic N) is 2. The Morgan fingerprint density at radius 3 is 2.42 bits per heavy atom. The molecule has 2 heterocycles. The number of hydrogen-bond donors (Lipinski definition) is 0. The second-order valence-electron chi connectivity index (χ2n) is 6.94. The van der Waals surface area contributed by atoms with Crippen LogP contribution in [0.2, 0.25) is 0 Å². The van der Waals surface area contributed by atoms with Gasteiger partial charge in [-0.05, 0) is 26.0 Å². The van der Waals surface area contributed by atoms with Gasteiger partial charge < -0.3 is 24.0 Å². The first kappa shape index (κ1) is 18.5. The number of carbonyl (C=O) groups is 2. The number of hydrogen-bond acceptors (Lipinski definition) is 5. The molecule has 1 aromatic rings. The van der Waals surface area contributed by atoms with Gasteiger partial charge in [0.1, 0.15) is 11.5 Å². The molecule has 7 heteroatoms. The Balaban J connectivity index is 1.75. The zero-order valence-electron chi connectivity index (χ0n) is 15.7. The lowest BCUT2D eigenvalue weighted by Gasteiger charge is -2.36. The van der Waals surface area contributed by atoms with Gasteiger partial charge in [0, 0.05) is 32.1 Å². The number of benzene rings is 1. The van der Waals surface area contributed by atoms with Gasteiger partial charge in [-0.1, -0.05) is 0 Å². The SMILES string of the molecule is COc1ccc(N2CC(C(=O)N3CC(C)OC(C)C3)CC2=O)c(OC)c1. The first-order valence-electron chi connectivity index (χ1n) is 8.89. The minimum atomic E-state index is -0.341. The van der Waals surface area contributed by atoms with Crippen molar-refractivity contribution in [2.45, 2.75) is 32.5 Å². The van der Waals surface area contributed by atoms with Crippen molar-refractivity contribution in [2.75, 3.05) is 38.8 Å². The number of rotatable bonds is 4. The molecule has 3 atom stereocenters. The average Bonchev–Trinajstić information content (AvgIpc) is 3.01. The van der Waals surface area contributed by atoms with E-state index in [0.717, 1.165) is 0 Å². The molecule has 0 bridgehead atoms. The molecule has 3 unspecified atom stereocenters. The number of carbonyl (C=O) groups excluding carboxylic acids is 2. The molecule has 0 aromatic heterocycles. The van der Waals surface area contributed by atoms with E-state index < -0.39 is 0 Å². The van der Waals surface area contributed by atoms with Crippen LogP contribution in [0.25, 0.3) is 0 Å². The molecule has 2 amide bonds. The number of ether oxygens (including phenoxy) is 3. The highest BCUT2D eigenvalue weighted by atomic mass is 16.5. The third-order valence-electron chi connectivity index (χ3n) is 4.88. The molecule has 142 valence electrons. The van der Waals surface area contributed by atoms with Crippen molar-refractivity contribution in [1.82, 2.24) is 4.90 Å². The summed E-state index contributed by atoms with van der Waals surface area (Å²) in [6.45, 7) is 5.43. The first-order chi connectivity index (χ1) is 12.4. The van der Waals surface area contributed by atoms with E-state index >= 15 is 0 Å². The molecule has 3 rings (SSSR count). The van der Waals surface area contributed by atoms with Crippen LogP contribution < -0.4 is 14.4 Å². The summed E-state index contributed by atoms with van der Waals surface area (Å²) in [7, 11) is 3.13. The van der Waals surface area contributed by atoms with Crippen LogP contribution in [-0.4, -0.2) is 62.8 Å². The predicted molar refractivity (Wildman–Crippen MR) is 96.6 cm³/mol. The fourth-order valence-corrected chi connectivity index (χ4v) is 3.73. The summed E-state index contributed by atoms with van der Waals surface area (Å²) in [5.74, 6) is 0.823. The summed E-state index contributed by atoms with van der Waals surface area (Å²) in [6.07, 6.45) is 0.240. The Hall–Kier alpha value is -2.28. The van der Waals surface area contributed by atoms with Crippen LogP contribution in [0.4, 0.5) is 5.69 Å².